The van der Waals surface area contributed by atoms with Gasteiger partial charge >= 0.3 is 0 Å². The van der Waals surface area contributed by atoms with Crippen molar-refractivity contribution in [2.24, 2.45) is 0 Å². The van der Waals surface area contributed by atoms with Crippen LogP contribution in [0.15, 0.2) is 42.7 Å². The fraction of sp³-hybridized carbons (Fsp3) is 0.143. The number of nitrogens with zero attached hydrogens (tertiary/aromatic N) is 1. The van der Waals surface area contributed by atoms with Gasteiger partial charge < -0.3 is 10.1 Å². The summed E-state index contributed by atoms with van der Waals surface area (Å²) >= 11 is 5.62. The van der Waals surface area contributed by atoms with E-state index >= 15 is 0 Å². The summed E-state index contributed by atoms with van der Waals surface area (Å²) in [6.45, 7) is 0.175. The number of carbonyl (C=O) groups excluding carboxylic acids is 1. The van der Waals surface area contributed by atoms with Crippen LogP contribution in [0.1, 0.15) is 6.42 Å². The van der Waals surface area contributed by atoms with Crippen LogP contribution in [0.25, 0.3) is 0 Å². The van der Waals surface area contributed by atoms with E-state index in [1.165, 1.54) is 18.2 Å². The predicted octanol–water partition coefficient (Wildman–Crippen LogP) is 3.28. The number of nitrogens with one attached hydrogen (secondary N) is 1. The third-order valence-corrected chi connectivity index (χ3v) is 2.72. The molecule has 1 aromatic carbocycles. The number of hydrogen-bond donors (Lipinski definition) is 1. The van der Waals surface area contributed by atoms with E-state index in [0.29, 0.717) is 11.4 Å². The van der Waals surface area contributed by atoms with E-state index in [1.54, 1.807) is 24.5 Å². The number of amides is 1. The first kappa shape index (κ1) is 14.3. The molecule has 1 heterocycles. The van der Waals surface area contributed by atoms with Crippen molar-refractivity contribution < 1.29 is 13.9 Å². The topological polar surface area (TPSA) is 51.2 Å². The van der Waals surface area contributed by atoms with Crippen molar-refractivity contribution in [3.8, 4) is 5.75 Å². The lowest BCUT2D eigenvalue weighted by molar-refractivity contribution is -0.116. The van der Waals surface area contributed by atoms with Gasteiger partial charge in [0, 0.05) is 12.3 Å². The second kappa shape index (κ2) is 6.86. The molecule has 0 spiro atoms. The molecule has 1 aromatic heterocycles. The normalized spacial score (nSPS) is 10.1. The van der Waals surface area contributed by atoms with Gasteiger partial charge in [0.1, 0.15) is 11.6 Å². The highest BCUT2D eigenvalue weighted by molar-refractivity contribution is 6.30. The lowest BCUT2D eigenvalue weighted by Crippen LogP contribution is -2.15. The zero-order valence-corrected chi connectivity index (χ0v) is 11.2. The Morgan fingerprint density at radius 2 is 2.25 bits per heavy atom. The molecule has 4 nitrogen and oxygen atoms in total. The summed E-state index contributed by atoms with van der Waals surface area (Å²) < 4.78 is 18.3. The van der Waals surface area contributed by atoms with Gasteiger partial charge in [-0.2, -0.15) is 0 Å². The molecule has 104 valence electrons. The molecule has 0 aliphatic rings. The third kappa shape index (κ3) is 4.20. The summed E-state index contributed by atoms with van der Waals surface area (Å²) in [5.74, 6) is -0.273. The van der Waals surface area contributed by atoms with Gasteiger partial charge in [-0.1, -0.05) is 11.6 Å². The molecule has 20 heavy (non-hydrogen) atoms. The van der Waals surface area contributed by atoms with Crippen LogP contribution >= 0.6 is 11.6 Å². The van der Waals surface area contributed by atoms with Crippen LogP contribution in [-0.4, -0.2) is 17.5 Å². The standard InChI is InChI=1S/C14H12ClFN2O2/c15-12-8-11(3-4-13(12)16)20-7-5-14(19)18-10-2-1-6-17-9-10/h1-4,6,8-9H,5,7H2,(H,18,19). The van der Waals surface area contributed by atoms with Gasteiger partial charge in [-0.25, -0.2) is 4.39 Å². The smallest absolute Gasteiger partial charge is 0.227 e. The van der Waals surface area contributed by atoms with Crippen molar-refractivity contribution in [1.82, 2.24) is 4.98 Å². The molecular formula is C14H12ClFN2O2. The van der Waals surface area contributed by atoms with Crippen LogP contribution < -0.4 is 10.1 Å². The number of benzene rings is 1. The maximum Gasteiger partial charge on any atom is 0.227 e. The second-order valence-corrected chi connectivity index (χ2v) is 4.37. The van der Waals surface area contributed by atoms with Crippen molar-refractivity contribution in [1.29, 1.82) is 0 Å². The molecule has 0 fully saturated rings. The van der Waals surface area contributed by atoms with Crippen LogP contribution in [0.2, 0.25) is 5.02 Å². The Kier molecular flexibility index (Phi) is 4.90. The molecule has 1 amide bonds. The zero-order chi connectivity index (χ0) is 14.4. The first-order valence-corrected chi connectivity index (χ1v) is 6.30. The molecule has 0 saturated carbocycles. The predicted molar refractivity (Wildman–Crippen MR) is 74.4 cm³/mol. The molecule has 0 saturated heterocycles. The van der Waals surface area contributed by atoms with Gasteiger partial charge in [-0.15, -0.1) is 0 Å². The number of carbonyl (C=O) groups is 1. The summed E-state index contributed by atoms with van der Waals surface area (Å²) in [6.07, 6.45) is 3.35. The van der Waals surface area contributed by atoms with Gasteiger partial charge in [0.25, 0.3) is 0 Å². The molecule has 0 aliphatic heterocycles. The molecule has 0 unspecified atom stereocenters. The number of ether oxygens (including phenoxy) is 1. The van der Waals surface area contributed by atoms with E-state index in [2.05, 4.69) is 10.3 Å². The summed E-state index contributed by atoms with van der Waals surface area (Å²) in [7, 11) is 0. The Morgan fingerprint density at radius 3 is 2.95 bits per heavy atom. The Hall–Kier alpha value is -2.14. The van der Waals surface area contributed by atoms with Crippen molar-refractivity contribution in [2.75, 3.05) is 11.9 Å². The van der Waals surface area contributed by atoms with Gasteiger partial charge in [0.05, 0.1) is 29.9 Å². The molecule has 0 aliphatic carbocycles. The van der Waals surface area contributed by atoms with E-state index in [4.69, 9.17) is 16.3 Å². The van der Waals surface area contributed by atoms with Crippen LogP contribution in [0.3, 0.4) is 0 Å². The maximum absolute atomic E-state index is 12.9. The van der Waals surface area contributed by atoms with Crippen LogP contribution in [0.4, 0.5) is 10.1 Å². The summed E-state index contributed by atoms with van der Waals surface area (Å²) in [5, 5.41) is 2.67. The fourth-order valence-electron chi connectivity index (χ4n) is 1.49. The lowest BCUT2D eigenvalue weighted by Gasteiger charge is -2.07. The molecular weight excluding hydrogens is 283 g/mol. The Balaban J connectivity index is 1.78. The average Bonchev–Trinajstić information content (AvgIpc) is 2.44. The highest BCUT2D eigenvalue weighted by atomic mass is 35.5. The van der Waals surface area contributed by atoms with Gasteiger partial charge in [0.15, 0.2) is 0 Å². The van der Waals surface area contributed by atoms with Crippen molar-refractivity contribution >= 4 is 23.2 Å². The number of halogens is 2. The van der Waals surface area contributed by atoms with Gasteiger partial charge in [-0.05, 0) is 24.3 Å². The first-order chi connectivity index (χ1) is 9.65. The van der Waals surface area contributed by atoms with Crippen molar-refractivity contribution in [2.45, 2.75) is 6.42 Å². The number of aromatic nitrogens is 1. The molecule has 0 atom stereocenters. The van der Waals surface area contributed by atoms with Gasteiger partial charge in [-0.3, -0.25) is 9.78 Å². The largest absolute Gasteiger partial charge is 0.493 e. The Morgan fingerprint density at radius 1 is 1.40 bits per heavy atom. The fourth-order valence-corrected chi connectivity index (χ4v) is 1.66. The summed E-state index contributed by atoms with van der Waals surface area (Å²) in [5.41, 5.74) is 0.627. The minimum atomic E-state index is -0.506. The number of anilines is 1. The lowest BCUT2D eigenvalue weighted by atomic mass is 10.3. The summed E-state index contributed by atoms with van der Waals surface area (Å²) in [4.78, 5) is 15.5. The van der Waals surface area contributed by atoms with E-state index in [1.807, 2.05) is 0 Å². The van der Waals surface area contributed by atoms with Gasteiger partial charge in [0.2, 0.25) is 5.91 Å². The molecule has 2 rings (SSSR count). The zero-order valence-electron chi connectivity index (χ0n) is 10.5. The highest BCUT2D eigenvalue weighted by Gasteiger charge is 2.05. The minimum absolute atomic E-state index is 0.0117. The minimum Gasteiger partial charge on any atom is -0.493 e. The Labute approximate surface area is 120 Å². The van der Waals surface area contributed by atoms with Crippen LogP contribution in [0.5, 0.6) is 5.75 Å². The van der Waals surface area contributed by atoms with E-state index in [0.717, 1.165) is 0 Å². The summed E-state index contributed by atoms with van der Waals surface area (Å²) in [6, 6.07) is 7.52. The molecule has 6 heteroatoms. The molecule has 1 N–H and O–H groups in total. The molecule has 0 radical (unpaired) electrons. The number of rotatable bonds is 5. The van der Waals surface area contributed by atoms with Crippen molar-refractivity contribution in [3.63, 3.8) is 0 Å². The highest BCUT2D eigenvalue weighted by Crippen LogP contribution is 2.21. The molecule has 0 bridgehead atoms. The maximum atomic E-state index is 12.9. The molecule has 2 aromatic rings. The quantitative estimate of drug-likeness (QED) is 0.920. The number of pyridine rings is 1. The van der Waals surface area contributed by atoms with Crippen LogP contribution in [-0.2, 0) is 4.79 Å². The monoisotopic (exact) mass is 294 g/mol. The third-order valence-electron chi connectivity index (χ3n) is 2.43. The Bertz CT molecular complexity index is 593. The van der Waals surface area contributed by atoms with Crippen LogP contribution in [0, 0.1) is 5.82 Å². The number of hydrogen-bond acceptors (Lipinski definition) is 3. The average molecular weight is 295 g/mol. The van der Waals surface area contributed by atoms with E-state index < -0.39 is 5.82 Å². The van der Waals surface area contributed by atoms with Crippen molar-refractivity contribution in [3.05, 3.63) is 53.6 Å². The first-order valence-electron chi connectivity index (χ1n) is 5.93. The van der Waals surface area contributed by atoms with E-state index in [-0.39, 0.29) is 24.0 Å². The van der Waals surface area contributed by atoms with E-state index in [9.17, 15) is 9.18 Å². The SMILES string of the molecule is O=C(CCOc1ccc(F)c(Cl)c1)Nc1cccnc1. The second-order valence-electron chi connectivity index (χ2n) is 3.96.